The minimum absolute atomic E-state index is 0.460. The molecule has 0 spiro atoms. The summed E-state index contributed by atoms with van der Waals surface area (Å²) in [4.78, 5) is 11.1. The Morgan fingerprint density at radius 1 is 1.53 bits per heavy atom. The highest BCUT2D eigenvalue weighted by molar-refractivity contribution is 9.10. The number of halogens is 1. The number of aromatic nitrogens is 3. The smallest absolute Gasteiger partial charge is 0.180 e. The maximum absolute atomic E-state index is 4.54. The van der Waals surface area contributed by atoms with Crippen LogP contribution in [-0.4, -0.2) is 27.5 Å². The number of imidazole rings is 1. The number of rotatable bonds is 4. The maximum Gasteiger partial charge on any atom is 0.180 e. The standard InChI is InChI=1S/C12H17BrN4/c1-4-5-9(2)16(3)12-11-14-6-7-17(11)8-10(13)15-12/h6-9H,4-5H2,1-3H3. The van der Waals surface area contributed by atoms with E-state index in [1.165, 1.54) is 6.42 Å². The van der Waals surface area contributed by atoms with Crippen LogP contribution in [0.5, 0.6) is 0 Å². The summed E-state index contributed by atoms with van der Waals surface area (Å²) < 4.78 is 2.82. The summed E-state index contributed by atoms with van der Waals surface area (Å²) in [6, 6.07) is 0.460. The van der Waals surface area contributed by atoms with Crippen molar-refractivity contribution >= 4 is 27.4 Å². The molecule has 0 aliphatic heterocycles. The third kappa shape index (κ3) is 2.44. The highest BCUT2D eigenvalue weighted by Crippen LogP contribution is 2.22. The first-order valence-electron chi connectivity index (χ1n) is 5.85. The largest absolute Gasteiger partial charge is 0.354 e. The lowest BCUT2D eigenvalue weighted by atomic mass is 10.2. The number of nitrogens with zero attached hydrogens (tertiary/aromatic N) is 4. The summed E-state index contributed by atoms with van der Waals surface area (Å²) in [5.41, 5.74) is 0.902. The lowest BCUT2D eigenvalue weighted by molar-refractivity contribution is 0.611. The van der Waals surface area contributed by atoms with Crippen molar-refractivity contribution in [2.75, 3.05) is 11.9 Å². The molecule has 4 nitrogen and oxygen atoms in total. The number of hydrogen-bond acceptors (Lipinski definition) is 3. The van der Waals surface area contributed by atoms with Crippen LogP contribution in [0.4, 0.5) is 5.82 Å². The average molecular weight is 297 g/mol. The first-order valence-corrected chi connectivity index (χ1v) is 6.64. The van der Waals surface area contributed by atoms with Crippen LogP contribution in [0.15, 0.2) is 23.2 Å². The fourth-order valence-corrected chi connectivity index (χ4v) is 2.33. The fourth-order valence-electron chi connectivity index (χ4n) is 1.94. The van der Waals surface area contributed by atoms with Crippen LogP contribution in [-0.2, 0) is 0 Å². The Bertz CT molecular complexity index is 508. The van der Waals surface area contributed by atoms with Gasteiger partial charge in [-0.2, -0.15) is 0 Å². The van der Waals surface area contributed by atoms with Gasteiger partial charge in [0.2, 0.25) is 0 Å². The average Bonchev–Trinajstić information content (AvgIpc) is 2.75. The third-order valence-corrected chi connectivity index (χ3v) is 3.41. The summed E-state index contributed by atoms with van der Waals surface area (Å²) in [6.07, 6.45) is 7.97. The van der Waals surface area contributed by atoms with Gasteiger partial charge in [0.15, 0.2) is 11.5 Å². The zero-order valence-corrected chi connectivity index (χ0v) is 12.0. The van der Waals surface area contributed by atoms with E-state index in [1.807, 2.05) is 16.8 Å². The van der Waals surface area contributed by atoms with Gasteiger partial charge in [-0.05, 0) is 29.3 Å². The van der Waals surface area contributed by atoms with Crippen molar-refractivity contribution in [3.8, 4) is 0 Å². The molecule has 0 aliphatic carbocycles. The van der Waals surface area contributed by atoms with E-state index in [9.17, 15) is 0 Å². The van der Waals surface area contributed by atoms with Crippen LogP contribution in [0.3, 0.4) is 0 Å². The van der Waals surface area contributed by atoms with Crippen molar-refractivity contribution in [2.45, 2.75) is 32.7 Å². The summed E-state index contributed by atoms with van der Waals surface area (Å²) in [5.74, 6) is 0.922. The monoisotopic (exact) mass is 296 g/mol. The summed E-state index contributed by atoms with van der Waals surface area (Å²) >= 11 is 3.44. The molecule has 0 aromatic carbocycles. The van der Waals surface area contributed by atoms with Crippen molar-refractivity contribution in [1.82, 2.24) is 14.4 Å². The second kappa shape index (κ2) is 5.04. The van der Waals surface area contributed by atoms with Gasteiger partial charge in [0.1, 0.15) is 4.60 Å². The molecule has 2 aromatic heterocycles. The van der Waals surface area contributed by atoms with E-state index in [0.717, 1.165) is 22.5 Å². The molecule has 0 N–H and O–H groups in total. The molecule has 1 unspecified atom stereocenters. The summed E-state index contributed by atoms with van der Waals surface area (Å²) in [6.45, 7) is 4.41. The molecular formula is C12H17BrN4. The molecule has 17 heavy (non-hydrogen) atoms. The molecule has 0 bridgehead atoms. The predicted octanol–water partition coefficient (Wildman–Crippen LogP) is 3.12. The number of fused-ring (bicyclic) bond motifs is 1. The van der Waals surface area contributed by atoms with E-state index in [-0.39, 0.29) is 0 Å². The molecule has 5 heteroatoms. The zero-order valence-electron chi connectivity index (χ0n) is 10.4. The molecule has 0 radical (unpaired) electrons. The van der Waals surface area contributed by atoms with Crippen molar-refractivity contribution in [1.29, 1.82) is 0 Å². The summed E-state index contributed by atoms with van der Waals surface area (Å²) in [7, 11) is 2.07. The van der Waals surface area contributed by atoms with Gasteiger partial charge in [0.25, 0.3) is 0 Å². The molecule has 2 heterocycles. The van der Waals surface area contributed by atoms with E-state index in [4.69, 9.17) is 0 Å². The molecule has 0 amide bonds. The van der Waals surface area contributed by atoms with Crippen LogP contribution in [0.2, 0.25) is 0 Å². The lowest BCUT2D eigenvalue weighted by Crippen LogP contribution is -2.30. The Morgan fingerprint density at radius 3 is 3.00 bits per heavy atom. The molecule has 92 valence electrons. The maximum atomic E-state index is 4.54. The zero-order chi connectivity index (χ0) is 12.4. The van der Waals surface area contributed by atoms with E-state index >= 15 is 0 Å². The lowest BCUT2D eigenvalue weighted by Gasteiger charge is -2.26. The number of anilines is 1. The highest BCUT2D eigenvalue weighted by atomic mass is 79.9. The molecule has 0 saturated heterocycles. The van der Waals surface area contributed by atoms with Gasteiger partial charge < -0.3 is 9.30 Å². The first-order chi connectivity index (χ1) is 8.13. The highest BCUT2D eigenvalue weighted by Gasteiger charge is 2.15. The summed E-state index contributed by atoms with van der Waals surface area (Å²) in [5, 5.41) is 0. The molecule has 0 aliphatic rings. The fraction of sp³-hybridized carbons (Fsp3) is 0.500. The Kier molecular flexibility index (Phi) is 3.66. The minimum Gasteiger partial charge on any atom is -0.354 e. The van der Waals surface area contributed by atoms with Crippen molar-refractivity contribution in [2.24, 2.45) is 0 Å². The second-order valence-corrected chi connectivity index (χ2v) is 5.11. The van der Waals surface area contributed by atoms with E-state index in [2.05, 4.69) is 51.7 Å². The van der Waals surface area contributed by atoms with Gasteiger partial charge in [-0.1, -0.05) is 13.3 Å². The molecule has 2 rings (SSSR count). The van der Waals surface area contributed by atoms with E-state index < -0.39 is 0 Å². The van der Waals surface area contributed by atoms with Crippen LogP contribution in [0, 0.1) is 0 Å². The van der Waals surface area contributed by atoms with Crippen molar-refractivity contribution in [3.63, 3.8) is 0 Å². The second-order valence-electron chi connectivity index (χ2n) is 4.29. The Labute approximate surface area is 110 Å². The van der Waals surface area contributed by atoms with Gasteiger partial charge in [-0.3, -0.25) is 0 Å². The molecule has 1 atom stereocenters. The molecular weight excluding hydrogens is 280 g/mol. The molecule has 0 fully saturated rings. The van der Waals surface area contributed by atoms with Crippen LogP contribution in [0.1, 0.15) is 26.7 Å². The van der Waals surface area contributed by atoms with Gasteiger partial charge in [0, 0.05) is 31.7 Å². The Hall–Kier alpha value is -1.10. The van der Waals surface area contributed by atoms with Gasteiger partial charge in [-0.25, -0.2) is 9.97 Å². The molecule has 0 saturated carbocycles. The van der Waals surface area contributed by atoms with E-state index in [0.29, 0.717) is 6.04 Å². The quantitative estimate of drug-likeness (QED) is 0.869. The van der Waals surface area contributed by atoms with Crippen LogP contribution >= 0.6 is 15.9 Å². The van der Waals surface area contributed by atoms with Gasteiger partial charge >= 0.3 is 0 Å². The van der Waals surface area contributed by atoms with Crippen molar-refractivity contribution in [3.05, 3.63) is 23.2 Å². The van der Waals surface area contributed by atoms with Gasteiger partial charge in [0.05, 0.1) is 0 Å². The topological polar surface area (TPSA) is 33.4 Å². The third-order valence-electron chi connectivity index (χ3n) is 3.03. The SMILES string of the molecule is CCCC(C)N(C)c1nc(Br)cn2ccnc12. The van der Waals surface area contributed by atoms with Crippen LogP contribution < -0.4 is 4.90 Å². The normalized spacial score (nSPS) is 12.9. The Morgan fingerprint density at radius 2 is 2.29 bits per heavy atom. The van der Waals surface area contributed by atoms with Crippen LogP contribution in [0.25, 0.3) is 5.65 Å². The molecule has 2 aromatic rings. The predicted molar refractivity (Wildman–Crippen MR) is 73.5 cm³/mol. The number of hydrogen-bond donors (Lipinski definition) is 0. The minimum atomic E-state index is 0.460. The first kappa shape index (κ1) is 12.4. The van der Waals surface area contributed by atoms with Crippen molar-refractivity contribution < 1.29 is 0 Å². The Balaban J connectivity index is 2.43. The van der Waals surface area contributed by atoms with Gasteiger partial charge in [-0.15, -0.1) is 0 Å². The van der Waals surface area contributed by atoms with E-state index in [1.54, 1.807) is 6.20 Å².